The van der Waals surface area contributed by atoms with Crippen LogP contribution in [0.5, 0.6) is 5.88 Å². The van der Waals surface area contributed by atoms with E-state index in [0.717, 1.165) is 18.5 Å². The van der Waals surface area contributed by atoms with E-state index in [0.29, 0.717) is 12.5 Å². The van der Waals surface area contributed by atoms with Gasteiger partial charge in [-0.05, 0) is 20.5 Å². The summed E-state index contributed by atoms with van der Waals surface area (Å²) < 4.78 is 5.48. The third-order valence-corrected chi connectivity index (χ3v) is 1.99. The third kappa shape index (κ3) is 4.70. The fourth-order valence-electron chi connectivity index (χ4n) is 1.16. The summed E-state index contributed by atoms with van der Waals surface area (Å²) in [7, 11) is 4.11. The lowest BCUT2D eigenvalue weighted by atomic mass is 10.2. The molecule has 0 aliphatic rings. The molecule has 0 saturated heterocycles. The monoisotopic (exact) mass is 206 g/mol. The molecule has 0 aromatic carbocycles. The molecule has 3 heteroatoms. The van der Waals surface area contributed by atoms with Gasteiger partial charge in [-0.2, -0.15) is 4.98 Å². The Morgan fingerprint density at radius 3 is 2.80 bits per heavy atom. The maximum atomic E-state index is 5.48. The molecule has 3 nitrogen and oxygen atoms in total. The van der Waals surface area contributed by atoms with Crippen molar-refractivity contribution in [3.63, 3.8) is 0 Å². The maximum absolute atomic E-state index is 5.48. The minimum absolute atomic E-state index is 0.680. The summed E-state index contributed by atoms with van der Waals surface area (Å²) in [6.45, 7) is 5.41. The van der Waals surface area contributed by atoms with Gasteiger partial charge in [0.15, 0.2) is 0 Å². The zero-order chi connectivity index (χ0) is 11.1. The van der Waals surface area contributed by atoms with Crippen LogP contribution in [-0.2, 0) is 0 Å². The molecule has 0 saturated carbocycles. The predicted octanol–water partition coefficient (Wildman–Crippen LogP) is 1.80. The lowest BCUT2D eigenvalue weighted by Gasteiger charge is -2.09. The zero-order valence-electron chi connectivity index (χ0n) is 9.44. The van der Waals surface area contributed by atoms with Crippen molar-refractivity contribution in [2.45, 2.75) is 6.42 Å². The molecule has 1 aromatic rings. The Morgan fingerprint density at radius 2 is 2.27 bits per heavy atom. The Bertz CT molecular complexity index is 269. The standard InChI is InChI=1S/C12H18N2O/c1-4-11-6-7-12(13-10-11)15-9-5-8-14(2)3/h4,6-7,10H,1,5,8-9H2,2-3H3. The first-order valence-electron chi connectivity index (χ1n) is 5.08. The van der Waals surface area contributed by atoms with E-state index in [-0.39, 0.29) is 0 Å². The molecule has 0 aliphatic carbocycles. The van der Waals surface area contributed by atoms with Crippen LogP contribution in [0.3, 0.4) is 0 Å². The molecule has 0 atom stereocenters. The molecule has 0 fully saturated rings. The summed E-state index contributed by atoms with van der Waals surface area (Å²) >= 11 is 0. The average molecular weight is 206 g/mol. The van der Waals surface area contributed by atoms with E-state index in [9.17, 15) is 0 Å². The third-order valence-electron chi connectivity index (χ3n) is 1.99. The highest BCUT2D eigenvalue weighted by molar-refractivity contribution is 5.24. The van der Waals surface area contributed by atoms with E-state index in [2.05, 4.69) is 30.9 Å². The molecule has 0 spiro atoms. The molecule has 1 heterocycles. The van der Waals surface area contributed by atoms with Gasteiger partial charge in [-0.15, -0.1) is 6.42 Å². The fraction of sp³-hybridized carbons (Fsp3) is 0.417. The van der Waals surface area contributed by atoms with Gasteiger partial charge in [-0.1, -0.05) is 0 Å². The van der Waals surface area contributed by atoms with Crippen LogP contribution in [0.25, 0.3) is 0 Å². The first-order valence-corrected chi connectivity index (χ1v) is 5.08. The van der Waals surface area contributed by atoms with E-state index >= 15 is 0 Å². The number of ether oxygens (including phenoxy) is 1. The molecule has 0 amide bonds. The summed E-state index contributed by atoms with van der Waals surface area (Å²) in [5.74, 6) is 0.680. The number of hydrogen-bond acceptors (Lipinski definition) is 3. The highest BCUT2D eigenvalue weighted by Gasteiger charge is 2.00. The second-order valence-electron chi connectivity index (χ2n) is 3.64. The summed E-state index contributed by atoms with van der Waals surface area (Å²) in [6, 6.07) is 3.81. The molecule has 0 bridgehead atoms. The van der Waals surface area contributed by atoms with Crippen molar-refractivity contribution in [1.82, 2.24) is 9.88 Å². The van der Waals surface area contributed by atoms with E-state index < -0.39 is 0 Å². The Balaban J connectivity index is 2.25. The number of hydrogen-bond donors (Lipinski definition) is 0. The van der Waals surface area contributed by atoms with E-state index in [1.165, 1.54) is 0 Å². The van der Waals surface area contributed by atoms with Crippen molar-refractivity contribution in [2.75, 3.05) is 27.2 Å². The highest BCUT2D eigenvalue weighted by Crippen LogP contribution is 2.08. The van der Waals surface area contributed by atoms with Gasteiger partial charge < -0.3 is 9.64 Å². The van der Waals surface area contributed by atoms with E-state index in [1.807, 2.05) is 12.1 Å². The molecule has 1 aromatic heterocycles. The maximum Gasteiger partial charge on any atom is 0.240 e. The molecule has 0 N–H and O–H groups in total. The molecule has 0 aliphatic heterocycles. The minimum atomic E-state index is 0.680. The van der Waals surface area contributed by atoms with Crippen LogP contribution in [-0.4, -0.2) is 37.1 Å². The zero-order valence-corrected chi connectivity index (χ0v) is 9.44. The van der Waals surface area contributed by atoms with Gasteiger partial charge >= 0.3 is 0 Å². The van der Waals surface area contributed by atoms with Crippen LogP contribution >= 0.6 is 0 Å². The molecule has 82 valence electrons. The highest BCUT2D eigenvalue weighted by atomic mass is 16.5. The fourth-order valence-corrected chi connectivity index (χ4v) is 1.16. The Morgan fingerprint density at radius 1 is 1.47 bits per heavy atom. The molecule has 1 rings (SSSR count). The van der Waals surface area contributed by atoms with Crippen molar-refractivity contribution >= 4 is 0 Å². The second-order valence-corrected chi connectivity index (χ2v) is 3.64. The number of rotatable bonds is 6. The summed E-state index contributed by atoms with van der Waals surface area (Å²) in [4.78, 5) is 6.30. The van der Waals surface area contributed by atoms with Crippen molar-refractivity contribution in [1.29, 1.82) is 0 Å². The van der Waals surface area contributed by atoms with Gasteiger partial charge in [0.05, 0.1) is 18.7 Å². The van der Waals surface area contributed by atoms with Crippen LogP contribution in [0.4, 0.5) is 0 Å². The van der Waals surface area contributed by atoms with Crippen LogP contribution in [0.1, 0.15) is 12.0 Å². The number of nitrogens with zero attached hydrogens (tertiary/aromatic N) is 2. The van der Waals surface area contributed by atoms with Crippen LogP contribution in [0, 0.1) is 13.3 Å². The normalized spacial score (nSPS) is 10.4. The molecule has 15 heavy (non-hydrogen) atoms. The van der Waals surface area contributed by atoms with Gasteiger partial charge in [0.2, 0.25) is 5.88 Å². The average Bonchev–Trinajstić information content (AvgIpc) is 2.25. The lowest BCUT2D eigenvalue weighted by molar-refractivity contribution is 0.273. The number of pyridine rings is 1. The first kappa shape index (κ1) is 11.9. The minimum Gasteiger partial charge on any atom is -0.476 e. The quantitative estimate of drug-likeness (QED) is 0.524. The van der Waals surface area contributed by atoms with Crippen LogP contribution in [0.2, 0.25) is 0 Å². The van der Waals surface area contributed by atoms with Crippen molar-refractivity contribution in [3.05, 3.63) is 37.2 Å². The number of aromatic nitrogens is 1. The summed E-state index contributed by atoms with van der Waals surface area (Å²) in [6.07, 6.45) is 4.54. The molecular formula is C12H18N2O. The summed E-state index contributed by atoms with van der Waals surface area (Å²) in [5.41, 5.74) is 1.01. The van der Waals surface area contributed by atoms with Crippen molar-refractivity contribution in [2.24, 2.45) is 0 Å². The van der Waals surface area contributed by atoms with Gasteiger partial charge in [0.1, 0.15) is 11.8 Å². The van der Waals surface area contributed by atoms with E-state index in [1.54, 1.807) is 12.6 Å². The Kier molecular flexibility index (Phi) is 4.98. The Hall–Kier alpha value is -1.22. The van der Waals surface area contributed by atoms with Gasteiger partial charge in [0.25, 0.3) is 0 Å². The van der Waals surface area contributed by atoms with Gasteiger partial charge in [-0.25, -0.2) is 0 Å². The lowest BCUT2D eigenvalue weighted by Crippen LogP contribution is -2.15. The van der Waals surface area contributed by atoms with Crippen molar-refractivity contribution < 1.29 is 4.74 Å². The molecular weight excluding hydrogens is 188 g/mol. The second kappa shape index (κ2) is 6.30. The van der Waals surface area contributed by atoms with Gasteiger partial charge in [-0.3, -0.25) is 6.92 Å². The first-order chi connectivity index (χ1) is 7.22. The SMILES string of the molecule is [CH2-][CH+]c1ccc(OCCCN(C)C)nc1. The Labute approximate surface area is 92.1 Å². The van der Waals surface area contributed by atoms with Crippen LogP contribution in [0.15, 0.2) is 18.3 Å². The summed E-state index contributed by atoms with van der Waals surface area (Å²) in [5, 5.41) is 0. The van der Waals surface area contributed by atoms with Gasteiger partial charge in [0, 0.05) is 6.54 Å². The van der Waals surface area contributed by atoms with E-state index in [4.69, 9.17) is 4.74 Å². The smallest absolute Gasteiger partial charge is 0.240 e. The molecule has 0 radical (unpaired) electrons. The predicted molar refractivity (Wildman–Crippen MR) is 61.7 cm³/mol. The largest absolute Gasteiger partial charge is 0.476 e. The molecule has 0 unspecified atom stereocenters. The van der Waals surface area contributed by atoms with Crippen molar-refractivity contribution in [3.8, 4) is 5.88 Å². The van der Waals surface area contributed by atoms with Crippen LogP contribution < -0.4 is 4.74 Å². The topological polar surface area (TPSA) is 25.4 Å².